The molecule has 0 saturated heterocycles. The van der Waals surface area contributed by atoms with E-state index < -0.39 is 8.32 Å². The minimum Gasteiger partial charge on any atom is -0.416 e. The summed E-state index contributed by atoms with van der Waals surface area (Å²) < 4.78 is 8.48. The summed E-state index contributed by atoms with van der Waals surface area (Å²) in [6, 6.07) is 0.0102. The highest BCUT2D eigenvalue weighted by atomic mass is 28.4. The molecule has 3 rings (SSSR count). The molecule has 1 aliphatic carbocycles. The Morgan fingerprint density at radius 3 is 2.71 bits per heavy atom. The van der Waals surface area contributed by atoms with Gasteiger partial charge >= 0.3 is 0 Å². The molecular formula is C20H31N5O2Si. The van der Waals surface area contributed by atoms with Crippen LogP contribution in [0.3, 0.4) is 0 Å². The van der Waals surface area contributed by atoms with Crippen molar-refractivity contribution in [2.24, 2.45) is 11.8 Å². The lowest BCUT2D eigenvalue weighted by Crippen LogP contribution is -2.46. The first kappa shape index (κ1) is 20.7. The van der Waals surface area contributed by atoms with Crippen LogP contribution < -0.4 is 5.73 Å². The molecule has 8 heteroatoms. The molecule has 0 fully saturated rings. The van der Waals surface area contributed by atoms with Gasteiger partial charge < -0.3 is 14.7 Å². The number of aldehydes is 1. The summed E-state index contributed by atoms with van der Waals surface area (Å²) in [6.07, 6.45) is 6.91. The van der Waals surface area contributed by atoms with Crippen LogP contribution in [0, 0.1) is 11.8 Å². The third kappa shape index (κ3) is 3.51. The van der Waals surface area contributed by atoms with Crippen molar-refractivity contribution in [2.75, 3.05) is 12.3 Å². The molecule has 0 bridgehead atoms. The van der Waals surface area contributed by atoms with Crippen LogP contribution >= 0.6 is 0 Å². The summed E-state index contributed by atoms with van der Waals surface area (Å²) in [5.74, 6) is 0.979. The monoisotopic (exact) mass is 401 g/mol. The van der Waals surface area contributed by atoms with Crippen LogP contribution in [0.4, 0.5) is 5.82 Å². The number of nitrogen functional groups attached to an aromatic ring is 1. The van der Waals surface area contributed by atoms with Crippen molar-refractivity contribution in [3.05, 3.63) is 24.3 Å². The molecule has 0 unspecified atom stereocenters. The fourth-order valence-electron chi connectivity index (χ4n) is 3.65. The maximum atomic E-state index is 11.7. The fourth-order valence-corrected chi connectivity index (χ4v) is 6.03. The molecule has 2 atom stereocenters. The van der Waals surface area contributed by atoms with Crippen molar-refractivity contribution in [3.8, 4) is 0 Å². The van der Waals surface area contributed by atoms with E-state index in [1.54, 1.807) is 6.33 Å². The predicted molar refractivity (Wildman–Crippen MR) is 113 cm³/mol. The Balaban J connectivity index is 1.78. The van der Waals surface area contributed by atoms with Crippen molar-refractivity contribution in [1.82, 2.24) is 19.5 Å². The van der Waals surface area contributed by atoms with E-state index in [4.69, 9.17) is 10.2 Å². The maximum absolute atomic E-state index is 11.7. The van der Waals surface area contributed by atoms with Crippen molar-refractivity contribution < 1.29 is 9.22 Å². The van der Waals surface area contributed by atoms with E-state index in [1.165, 1.54) is 6.33 Å². The van der Waals surface area contributed by atoms with Crippen molar-refractivity contribution in [1.29, 1.82) is 0 Å². The van der Waals surface area contributed by atoms with E-state index in [1.807, 2.05) is 10.6 Å². The molecule has 0 amide bonds. The predicted octanol–water partition coefficient (Wildman–Crippen LogP) is 3.75. The second-order valence-corrected chi connectivity index (χ2v) is 13.7. The topological polar surface area (TPSA) is 95.9 Å². The number of rotatable bonds is 7. The SMILES string of the molecule is CC(C)C(C)(C)[Si](C)(C)OC[C@H]1C[C@@H](n2cnc3c(N)ncnc32)C=C1C=O. The molecule has 152 valence electrons. The Morgan fingerprint density at radius 2 is 2.07 bits per heavy atom. The van der Waals surface area contributed by atoms with Crippen LogP contribution in [-0.4, -0.2) is 40.7 Å². The van der Waals surface area contributed by atoms with E-state index in [2.05, 4.69) is 55.7 Å². The number of carbonyl (C=O) groups is 1. The van der Waals surface area contributed by atoms with Gasteiger partial charge in [-0.1, -0.05) is 33.8 Å². The van der Waals surface area contributed by atoms with Gasteiger partial charge in [-0.3, -0.25) is 4.79 Å². The third-order valence-electron chi connectivity index (χ3n) is 6.90. The molecule has 0 aromatic carbocycles. The molecule has 2 heterocycles. The van der Waals surface area contributed by atoms with Gasteiger partial charge in [-0.15, -0.1) is 0 Å². The molecule has 0 saturated carbocycles. The largest absolute Gasteiger partial charge is 0.416 e. The summed E-state index contributed by atoms with van der Waals surface area (Å²) in [5.41, 5.74) is 7.97. The normalized spacial score (nSPS) is 20.8. The van der Waals surface area contributed by atoms with Gasteiger partial charge in [0, 0.05) is 12.5 Å². The van der Waals surface area contributed by atoms with E-state index in [-0.39, 0.29) is 17.0 Å². The summed E-state index contributed by atoms with van der Waals surface area (Å²) in [6.45, 7) is 14.2. The number of hydrogen-bond acceptors (Lipinski definition) is 6. The Bertz CT molecular complexity index is 903. The molecular weight excluding hydrogens is 370 g/mol. The van der Waals surface area contributed by atoms with Gasteiger partial charge in [0.2, 0.25) is 0 Å². The van der Waals surface area contributed by atoms with Crippen molar-refractivity contribution in [3.63, 3.8) is 0 Å². The fraction of sp³-hybridized carbons (Fsp3) is 0.600. The molecule has 2 aromatic heterocycles. The first-order valence-electron chi connectivity index (χ1n) is 9.82. The standard InChI is InChI=1S/C20H31N5O2Si/c1-13(2)20(3,4)28(5,6)27-10-15-8-16(7-14(15)9-26)25-12-24-17-18(21)22-11-23-19(17)25/h7,9,11-13,15-16H,8,10H2,1-6H3,(H2,21,22,23)/t15-,16+/m1/s1. The number of nitrogens with two attached hydrogens (primary N) is 1. The lowest BCUT2D eigenvalue weighted by Gasteiger charge is -2.43. The van der Waals surface area contributed by atoms with Gasteiger partial charge in [-0.2, -0.15) is 0 Å². The summed E-state index contributed by atoms with van der Waals surface area (Å²) in [4.78, 5) is 24.4. The number of anilines is 1. The number of fused-ring (bicyclic) bond motifs is 1. The molecule has 0 spiro atoms. The smallest absolute Gasteiger partial charge is 0.192 e. The van der Waals surface area contributed by atoms with E-state index >= 15 is 0 Å². The van der Waals surface area contributed by atoms with Gasteiger partial charge in [0.05, 0.1) is 12.4 Å². The summed E-state index contributed by atoms with van der Waals surface area (Å²) >= 11 is 0. The van der Waals surface area contributed by atoms with Gasteiger partial charge in [0.15, 0.2) is 19.8 Å². The van der Waals surface area contributed by atoms with Crippen molar-refractivity contribution >= 4 is 31.6 Å². The average molecular weight is 402 g/mol. The van der Waals surface area contributed by atoms with E-state index in [0.717, 1.165) is 18.3 Å². The lowest BCUT2D eigenvalue weighted by atomic mass is 9.99. The summed E-state index contributed by atoms with van der Waals surface area (Å²) in [7, 11) is -1.94. The molecule has 0 aliphatic heterocycles. The molecule has 1 aliphatic rings. The number of imidazole rings is 1. The van der Waals surface area contributed by atoms with Gasteiger partial charge in [0.25, 0.3) is 0 Å². The maximum Gasteiger partial charge on any atom is 0.192 e. The molecule has 28 heavy (non-hydrogen) atoms. The van der Waals surface area contributed by atoms with Crippen molar-refractivity contribution in [2.45, 2.75) is 58.3 Å². The first-order chi connectivity index (χ1) is 13.1. The lowest BCUT2D eigenvalue weighted by molar-refractivity contribution is -0.105. The van der Waals surface area contributed by atoms with Crippen LogP contribution in [0.1, 0.15) is 40.2 Å². The molecule has 2 N–H and O–H groups in total. The second kappa shape index (κ2) is 7.40. The third-order valence-corrected chi connectivity index (χ3v) is 11.5. The first-order valence-corrected chi connectivity index (χ1v) is 12.7. The highest BCUT2D eigenvalue weighted by Crippen LogP contribution is 2.45. The minimum absolute atomic E-state index is 0.0102. The van der Waals surface area contributed by atoms with Gasteiger partial charge in [0.1, 0.15) is 18.1 Å². The molecule has 2 aromatic rings. The molecule has 0 radical (unpaired) electrons. The average Bonchev–Trinajstić information content (AvgIpc) is 3.24. The minimum atomic E-state index is -1.94. The van der Waals surface area contributed by atoms with E-state index in [0.29, 0.717) is 29.5 Å². The number of carbonyl (C=O) groups excluding carboxylic acids is 1. The van der Waals surface area contributed by atoms with Crippen LogP contribution in [-0.2, 0) is 9.22 Å². The number of hydrogen-bond donors (Lipinski definition) is 1. The number of nitrogens with zero attached hydrogens (tertiary/aromatic N) is 4. The highest BCUT2D eigenvalue weighted by Gasteiger charge is 2.44. The van der Waals surface area contributed by atoms with Crippen LogP contribution in [0.5, 0.6) is 0 Å². The quantitative estimate of drug-likeness (QED) is 0.561. The zero-order valence-electron chi connectivity index (χ0n) is 17.6. The van der Waals surface area contributed by atoms with Crippen LogP contribution in [0.15, 0.2) is 24.3 Å². The zero-order valence-corrected chi connectivity index (χ0v) is 18.6. The van der Waals surface area contributed by atoms with Gasteiger partial charge in [-0.05, 0) is 36.0 Å². The van der Waals surface area contributed by atoms with Crippen LogP contribution in [0.2, 0.25) is 18.1 Å². The Kier molecular flexibility index (Phi) is 5.46. The Labute approximate surface area is 167 Å². The Hall–Kier alpha value is -2.06. The van der Waals surface area contributed by atoms with E-state index in [9.17, 15) is 4.79 Å². The second-order valence-electron chi connectivity index (χ2n) is 9.07. The number of aromatic nitrogens is 4. The highest BCUT2D eigenvalue weighted by molar-refractivity contribution is 6.74. The van der Waals surface area contributed by atoms with Crippen LogP contribution in [0.25, 0.3) is 11.2 Å². The summed E-state index contributed by atoms with van der Waals surface area (Å²) in [5, 5.41) is 0.144. The van der Waals surface area contributed by atoms with Gasteiger partial charge in [-0.25, -0.2) is 15.0 Å². The number of allylic oxidation sites excluding steroid dienone is 1. The zero-order chi connectivity index (χ0) is 20.7. The Morgan fingerprint density at radius 1 is 1.36 bits per heavy atom. The molecule has 7 nitrogen and oxygen atoms in total.